The Hall–Kier alpha value is -0.880. The largest absolute Gasteiger partial charge is 0.478 e. The zero-order valence-corrected chi connectivity index (χ0v) is 12.9. The smallest absolute Gasteiger partial charge is 0.218 e. The van der Waals surface area contributed by atoms with Gasteiger partial charge in [-0.1, -0.05) is 15.9 Å². The van der Waals surface area contributed by atoms with Crippen molar-refractivity contribution in [1.82, 2.24) is 9.97 Å². The van der Waals surface area contributed by atoms with Crippen molar-refractivity contribution < 1.29 is 9.47 Å². The Labute approximate surface area is 117 Å². The summed E-state index contributed by atoms with van der Waals surface area (Å²) in [5.74, 6) is 2.18. The highest BCUT2D eigenvalue weighted by Gasteiger charge is 2.11. The average molecular weight is 318 g/mol. The highest BCUT2D eigenvalue weighted by molar-refractivity contribution is 9.09. The van der Waals surface area contributed by atoms with Crippen molar-refractivity contribution in [2.45, 2.75) is 18.7 Å². The van der Waals surface area contributed by atoms with Gasteiger partial charge in [0.15, 0.2) is 0 Å². The summed E-state index contributed by atoms with van der Waals surface area (Å²) < 4.78 is 10.5. The fraction of sp³-hybridized carbons (Fsp3) is 0.667. The summed E-state index contributed by atoms with van der Waals surface area (Å²) in [4.78, 5) is 10.9. The fourth-order valence-corrected chi connectivity index (χ4v) is 2.27. The van der Waals surface area contributed by atoms with Crippen LogP contribution in [0.4, 0.5) is 5.82 Å². The van der Waals surface area contributed by atoms with Crippen LogP contribution in [0, 0.1) is 6.92 Å². The van der Waals surface area contributed by atoms with Gasteiger partial charge in [0.1, 0.15) is 11.6 Å². The number of aromatic nitrogens is 2. The second-order valence-electron chi connectivity index (χ2n) is 3.98. The Morgan fingerprint density at radius 1 is 1.44 bits per heavy atom. The van der Waals surface area contributed by atoms with Gasteiger partial charge in [0.25, 0.3) is 0 Å². The molecule has 0 fully saturated rings. The normalized spacial score (nSPS) is 12.3. The van der Waals surface area contributed by atoms with Gasteiger partial charge in [-0.05, 0) is 13.8 Å². The molecule has 0 radical (unpaired) electrons. The van der Waals surface area contributed by atoms with Gasteiger partial charge in [-0.25, -0.2) is 4.98 Å². The van der Waals surface area contributed by atoms with Crippen molar-refractivity contribution in [3.63, 3.8) is 0 Å². The molecule has 1 atom stereocenters. The molecule has 0 N–H and O–H groups in total. The van der Waals surface area contributed by atoms with Crippen LogP contribution >= 0.6 is 15.9 Å². The molecule has 18 heavy (non-hydrogen) atoms. The van der Waals surface area contributed by atoms with Crippen LogP contribution in [0.2, 0.25) is 0 Å². The van der Waals surface area contributed by atoms with Gasteiger partial charge in [0.2, 0.25) is 5.88 Å². The number of alkyl halides is 1. The number of hydrogen-bond acceptors (Lipinski definition) is 5. The van der Waals surface area contributed by atoms with Gasteiger partial charge in [-0.2, -0.15) is 4.98 Å². The van der Waals surface area contributed by atoms with Gasteiger partial charge in [-0.3, -0.25) is 0 Å². The van der Waals surface area contributed by atoms with Crippen LogP contribution in [0.1, 0.15) is 12.7 Å². The molecule has 0 spiro atoms. The van der Waals surface area contributed by atoms with E-state index in [1.165, 1.54) is 0 Å². The van der Waals surface area contributed by atoms with Crippen molar-refractivity contribution in [2.24, 2.45) is 0 Å². The number of ether oxygens (including phenoxy) is 2. The molecule has 6 heteroatoms. The predicted octanol–water partition coefficient (Wildman–Crippen LogP) is 2.03. The van der Waals surface area contributed by atoms with Crippen LogP contribution in [-0.4, -0.2) is 48.7 Å². The molecule has 1 heterocycles. The monoisotopic (exact) mass is 317 g/mol. The Morgan fingerprint density at radius 3 is 2.78 bits per heavy atom. The van der Waals surface area contributed by atoms with E-state index in [4.69, 9.17) is 9.47 Å². The Kier molecular flexibility index (Phi) is 6.35. The Balaban J connectivity index is 2.74. The van der Waals surface area contributed by atoms with E-state index in [0.717, 1.165) is 12.4 Å². The van der Waals surface area contributed by atoms with Crippen LogP contribution in [0.25, 0.3) is 0 Å². The number of anilines is 1. The fourth-order valence-electron chi connectivity index (χ4n) is 1.57. The number of halogens is 1. The molecule has 0 aliphatic rings. The van der Waals surface area contributed by atoms with Crippen molar-refractivity contribution in [3.05, 3.63) is 11.9 Å². The minimum Gasteiger partial charge on any atom is -0.478 e. The quantitative estimate of drug-likeness (QED) is 0.720. The molecule has 0 aromatic carbocycles. The second kappa shape index (κ2) is 7.53. The molecule has 0 amide bonds. The van der Waals surface area contributed by atoms with Crippen LogP contribution in [0.3, 0.4) is 0 Å². The maximum Gasteiger partial charge on any atom is 0.218 e. The van der Waals surface area contributed by atoms with Gasteiger partial charge in [0, 0.05) is 26.8 Å². The van der Waals surface area contributed by atoms with Gasteiger partial charge in [-0.15, -0.1) is 0 Å². The van der Waals surface area contributed by atoms with Crippen LogP contribution in [0.5, 0.6) is 5.88 Å². The van der Waals surface area contributed by atoms with E-state index >= 15 is 0 Å². The molecule has 1 aromatic heterocycles. The van der Waals surface area contributed by atoms with Crippen molar-refractivity contribution in [1.29, 1.82) is 0 Å². The van der Waals surface area contributed by atoms with E-state index in [-0.39, 0.29) is 4.83 Å². The molecule has 1 unspecified atom stereocenters. The van der Waals surface area contributed by atoms with E-state index in [1.807, 2.05) is 27.0 Å². The molecule has 102 valence electrons. The number of aryl methyl sites for hydroxylation is 1. The Morgan fingerprint density at radius 2 is 2.17 bits per heavy atom. The molecule has 1 rings (SSSR count). The topological polar surface area (TPSA) is 47.5 Å². The first kappa shape index (κ1) is 15.2. The van der Waals surface area contributed by atoms with Crippen molar-refractivity contribution in [3.8, 4) is 5.88 Å². The molecular formula is C12H20BrN3O2. The molecular weight excluding hydrogens is 298 g/mol. The van der Waals surface area contributed by atoms with Crippen LogP contribution in [-0.2, 0) is 4.74 Å². The first-order valence-electron chi connectivity index (χ1n) is 5.89. The molecule has 5 nitrogen and oxygen atoms in total. The molecule has 1 aromatic rings. The summed E-state index contributed by atoms with van der Waals surface area (Å²) in [7, 11) is 3.68. The highest BCUT2D eigenvalue weighted by atomic mass is 79.9. The summed E-state index contributed by atoms with van der Waals surface area (Å²) in [6.45, 7) is 5.86. The third-order valence-corrected chi connectivity index (χ3v) is 2.86. The molecule has 0 aliphatic carbocycles. The van der Waals surface area contributed by atoms with Gasteiger partial charge >= 0.3 is 0 Å². The van der Waals surface area contributed by atoms with E-state index < -0.39 is 0 Å². The molecule has 0 saturated carbocycles. The lowest BCUT2D eigenvalue weighted by Gasteiger charge is -2.21. The van der Waals surface area contributed by atoms with E-state index in [2.05, 4.69) is 30.8 Å². The van der Waals surface area contributed by atoms with Gasteiger partial charge in [0.05, 0.1) is 18.0 Å². The lowest BCUT2D eigenvalue weighted by molar-refractivity contribution is 0.201. The Bertz CT molecular complexity index is 376. The van der Waals surface area contributed by atoms with Crippen molar-refractivity contribution in [2.75, 3.05) is 38.8 Å². The summed E-state index contributed by atoms with van der Waals surface area (Å²) in [6.07, 6.45) is 0. The summed E-state index contributed by atoms with van der Waals surface area (Å²) >= 11 is 3.56. The predicted molar refractivity (Wildman–Crippen MR) is 75.8 cm³/mol. The third kappa shape index (κ3) is 4.78. The molecule has 0 aliphatic heterocycles. The zero-order valence-electron chi connectivity index (χ0n) is 11.3. The molecule has 0 bridgehead atoms. The van der Waals surface area contributed by atoms with Crippen LogP contribution < -0.4 is 9.64 Å². The first-order valence-corrected chi connectivity index (χ1v) is 6.81. The van der Waals surface area contributed by atoms with E-state index in [0.29, 0.717) is 24.9 Å². The number of methoxy groups -OCH3 is 1. The van der Waals surface area contributed by atoms with Crippen LogP contribution in [0.15, 0.2) is 6.07 Å². The minimum atomic E-state index is 0.262. The summed E-state index contributed by atoms with van der Waals surface area (Å²) in [5, 5.41) is 0. The maximum atomic E-state index is 5.42. The van der Waals surface area contributed by atoms with E-state index in [1.54, 1.807) is 7.11 Å². The lowest BCUT2D eigenvalue weighted by atomic mass is 10.4. The number of rotatable bonds is 7. The highest BCUT2D eigenvalue weighted by Crippen LogP contribution is 2.17. The SMILES string of the molecule is CCOc1cc(N(C)CC(Br)COC)nc(C)n1. The first-order chi connectivity index (χ1) is 8.56. The standard InChI is InChI=1S/C12H20BrN3O2/c1-5-18-12-6-11(14-9(2)15-12)16(3)7-10(13)8-17-4/h6,10H,5,7-8H2,1-4H3. The van der Waals surface area contributed by atoms with Gasteiger partial charge < -0.3 is 14.4 Å². The summed E-state index contributed by atoms with van der Waals surface area (Å²) in [5.41, 5.74) is 0. The third-order valence-electron chi connectivity index (χ3n) is 2.30. The van der Waals surface area contributed by atoms with E-state index in [9.17, 15) is 0 Å². The zero-order chi connectivity index (χ0) is 13.5. The summed E-state index contributed by atoms with van der Waals surface area (Å²) in [6, 6.07) is 1.85. The second-order valence-corrected chi connectivity index (χ2v) is 5.27. The van der Waals surface area contributed by atoms with Crippen molar-refractivity contribution >= 4 is 21.7 Å². The molecule has 0 saturated heterocycles. The maximum absolute atomic E-state index is 5.42. The average Bonchev–Trinajstić information content (AvgIpc) is 2.28. The minimum absolute atomic E-state index is 0.262. The lowest BCUT2D eigenvalue weighted by Crippen LogP contribution is -2.29. The number of nitrogens with zero attached hydrogens (tertiary/aromatic N) is 3. The number of hydrogen-bond donors (Lipinski definition) is 0.